The lowest BCUT2D eigenvalue weighted by atomic mass is 9.77. The van der Waals surface area contributed by atoms with Crippen LogP contribution in [-0.4, -0.2) is 13.0 Å². The van der Waals surface area contributed by atoms with E-state index in [2.05, 4.69) is 5.32 Å². The highest BCUT2D eigenvalue weighted by Crippen LogP contribution is 2.42. The molecular formula is C13H16FNO. The molecule has 0 heterocycles. The van der Waals surface area contributed by atoms with Crippen molar-refractivity contribution in [3.8, 4) is 0 Å². The van der Waals surface area contributed by atoms with Crippen molar-refractivity contribution >= 4 is 5.91 Å². The van der Waals surface area contributed by atoms with Crippen LogP contribution >= 0.6 is 0 Å². The van der Waals surface area contributed by atoms with Crippen LogP contribution in [0.5, 0.6) is 0 Å². The van der Waals surface area contributed by atoms with Crippen LogP contribution in [0.3, 0.4) is 0 Å². The molecule has 1 N–H and O–H groups in total. The molecule has 1 fully saturated rings. The fraction of sp³-hybridized carbons (Fsp3) is 0.462. The number of hydrogen-bond donors (Lipinski definition) is 1. The summed E-state index contributed by atoms with van der Waals surface area (Å²) < 4.78 is 13.8. The Hall–Kier alpha value is -1.38. The summed E-state index contributed by atoms with van der Waals surface area (Å²) in [4.78, 5) is 12.0. The molecule has 0 bridgehead atoms. The topological polar surface area (TPSA) is 29.1 Å². The maximum absolute atomic E-state index is 13.8. The van der Waals surface area contributed by atoms with E-state index in [-0.39, 0.29) is 11.7 Å². The summed E-state index contributed by atoms with van der Waals surface area (Å²) in [6, 6.07) is 6.61. The molecule has 3 heteroatoms. The summed E-state index contributed by atoms with van der Waals surface area (Å²) in [5, 5.41) is 2.67. The summed E-state index contributed by atoms with van der Waals surface area (Å²) in [6.07, 6.45) is 3.46. The summed E-state index contributed by atoms with van der Waals surface area (Å²) in [5.74, 6) is -0.330. The Morgan fingerprint density at radius 1 is 1.31 bits per heavy atom. The van der Waals surface area contributed by atoms with Gasteiger partial charge in [-0.15, -0.1) is 0 Å². The third-order valence-electron chi connectivity index (χ3n) is 3.51. The van der Waals surface area contributed by atoms with Gasteiger partial charge in [0.2, 0.25) is 5.91 Å². The van der Waals surface area contributed by atoms with E-state index in [0.29, 0.717) is 5.56 Å². The lowest BCUT2D eigenvalue weighted by Crippen LogP contribution is -2.41. The van der Waals surface area contributed by atoms with Crippen LogP contribution < -0.4 is 5.32 Å². The normalized spacial score (nSPS) is 18.4. The van der Waals surface area contributed by atoms with Gasteiger partial charge in [-0.2, -0.15) is 0 Å². The first-order chi connectivity index (χ1) is 7.70. The smallest absolute Gasteiger partial charge is 0.230 e. The quantitative estimate of drug-likeness (QED) is 0.816. The van der Waals surface area contributed by atoms with Crippen molar-refractivity contribution in [3.05, 3.63) is 35.6 Å². The molecule has 0 unspecified atom stereocenters. The fourth-order valence-electron chi connectivity index (χ4n) is 2.69. The van der Waals surface area contributed by atoms with E-state index in [4.69, 9.17) is 0 Å². The first-order valence-electron chi connectivity index (χ1n) is 5.68. The van der Waals surface area contributed by atoms with Crippen molar-refractivity contribution in [2.75, 3.05) is 7.05 Å². The zero-order chi connectivity index (χ0) is 11.6. The second-order valence-corrected chi connectivity index (χ2v) is 4.35. The summed E-state index contributed by atoms with van der Waals surface area (Å²) in [5.41, 5.74) is -0.0908. The molecule has 0 radical (unpaired) electrons. The van der Waals surface area contributed by atoms with Gasteiger partial charge in [0, 0.05) is 12.6 Å². The highest BCUT2D eigenvalue weighted by molar-refractivity contribution is 5.88. The number of hydrogen-bond acceptors (Lipinski definition) is 1. The Morgan fingerprint density at radius 2 is 1.94 bits per heavy atom. The van der Waals surface area contributed by atoms with Gasteiger partial charge in [0.1, 0.15) is 5.82 Å². The van der Waals surface area contributed by atoms with Crippen LogP contribution in [0.25, 0.3) is 0 Å². The first-order valence-corrected chi connectivity index (χ1v) is 5.68. The minimum absolute atomic E-state index is 0.0601. The molecule has 1 aliphatic rings. The van der Waals surface area contributed by atoms with Crippen LogP contribution in [0.4, 0.5) is 4.39 Å². The Balaban J connectivity index is 2.48. The van der Waals surface area contributed by atoms with Gasteiger partial charge in [-0.25, -0.2) is 4.39 Å². The molecule has 1 aliphatic carbocycles. The highest BCUT2D eigenvalue weighted by atomic mass is 19.1. The average Bonchev–Trinajstić information content (AvgIpc) is 2.79. The number of carbonyl (C=O) groups is 1. The molecule has 16 heavy (non-hydrogen) atoms. The monoisotopic (exact) mass is 221 g/mol. The number of nitrogens with one attached hydrogen (secondary N) is 1. The Labute approximate surface area is 94.9 Å². The lowest BCUT2D eigenvalue weighted by molar-refractivity contribution is -0.126. The number of benzene rings is 1. The number of rotatable bonds is 2. The number of halogens is 1. The van der Waals surface area contributed by atoms with Crippen molar-refractivity contribution in [1.82, 2.24) is 5.32 Å². The molecule has 2 nitrogen and oxygen atoms in total. The van der Waals surface area contributed by atoms with Crippen LogP contribution in [0.15, 0.2) is 24.3 Å². The zero-order valence-electron chi connectivity index (χ0n) is 9.42. The van der Waals surface area contributed by atoms with Gasteiger partial charge in [-0.3, -0.25) is 4.79 Å². The second-order valence-electron chi connectivity index (χ2n) is 4.35. The van der Waals surface area contributed by atoms with Gasteiger partial charge in [0.05, 0.1) is 5.41 Å². The third kappa shape index (κ3) is 1.60. The molecule has 0 spiro atoms. The van der Waals surface area contributed by atoms with E-state index < -0.39 is 5.41 Å². The van der Waals surface area contributed by atoms with Crippen molar-refractivity contribution in [2.45, 2.75) is 31.1 Å². The molecular weight excluding hydrogens is 205 g/mol. The van der Waals surface area contributed by atoms with Gasteiger partial charge in [0.15, 0.2) is 0 Å². The number of carbonyl (C=O) groups excluding carboxylic acids is 1. The lowest BCUT2D eigenvalue weighted by Gasteiger charge is -2.27. The van der Waals surface area contributed by atoms with Crippen LogP contribution in [0, 0.1) is 5.82 Å². The molecule has 1 aromatic carbocycles. The summed E-state index contributed by atoms with van der Waals surface area (Å²) >= 11 is 0. The van der Waals surface area contributed by atoms with Crippen molar-refractivity contribution < 1.29 is 9.18 Å². The second kappa shape index (κ2) is 4.24. The van der Waals surface area contributed by atoms with Crippen LogP contribution in [0.1, 0.15) is 31.2 Å². The Kier molecular flexibility index (Phi) is 2.95. The molecule has 86 valence electrons. The Bertz CT molecular complexity index is 397. The molecule has 1 aromatic rings. The maximum atomic E-state index is 13.8. The third-order valence-corrected chi connectivity index (χ3v) is 3.51. The molecule has 1 saturated carbocycles. The number of amides is 1. The average molecular weight is 221 g/mol. The van der Waals surface area contributed by atoms with E-state index in [1.165, 1.54) is 6.07 Å². The number of likely N-dealkylation sites (N-methyl/N-ethyl adjacent to an activating group) is 1. The molecule has 0 aliphatic heterocycles. The van der Waals surface area contributed by atoms with Crippen molar-refractivity contribution in [3.63, 3.8) is 0 Å². The predicted octanol–water partition coefficient (Wildman–Crippen LogP) is 2.38. The minimum Gasteiger partial charge on any atom is -0.358 e. The molecule has 0 aromatic heterocycles. The van der Waals surface area contributed by atoms with E-state index >= 15 is 0 Å². The van der Waals surface area contributed by atoms with Gasteiger partial charge >= 0.3 is 0 Å². The minimum atomic E-state index is -0.639. The van der Waals surface area contributed by atoms with E-state index in [1.807, 2.05) is 0 Å². The van der Waals surface area contributed by atoms with Gasteiger partial charge in [-0.1, -0.05) is 31.0 Å². The maximum Gasteiger partial charge on any atom is 0.230 e. The van der Waals surface area contributed by atoms with Gasteiger partial charge in [0.25, 0.3) is 0 Å². The largest absolute Gasteiger partial charge is 0.358 e. The van der Waals surface area contributed by atoms with E-state index in [1.54, 1.807) is 25.2 Å². The summed E-state index contributed by atoms with van der Waals surface area (Å²) in [7, 11) is 1.61. The summed E-state index contributed by atoms with van der Waals surface area (Å²) in [6.45, 7) is 0. The SMILES string of the molecule is CNC(=O)C1(c2ccccc2F)CCCC1. The van der Waals surface area contributed by atoms with Gasteiger partial charge < -0.3 is 5.32 Å². The molecule has 2 rings (SSSR count). The fourth-order valence-corrected chi connectivity index (χ4v) is 2.69. The van der Waals surface area contributed by atoms with Gasteiger partial charge in [-0.05, 0) is 18.9 Å². The molecule has 1 amide bonds. The van der Waals surface area contributed by atoms with Crippen LogP contribution in [-0.2, 0) is 10.2 Å². The van der Waals surface area contributed by atoms with E-state index in [0.717, 1.165) is 25.7 Å². The van der Waals surface area contributed by atoms with Crippen LogP contribution in [0.2, 0.25) is 0 Å². The Morgan fingerprint density at radius 3 is 2.50 bits per heavy atom. The molecule has 0 atom stereocenters. The first kappa shape index (κ1) is 11.1. The van der Waals surface area contributed by atoms with Crippen molar-refractivity contribution in [1.29, 1.82) is 0 Å². The predicted molar refractivity (Wildman–Crippen MR) is 60.6 cm³/mol. The zero-order valence-corrected chi connectivity index (χ0v) is 9.42. The highest BCUT2D eigenvalue weighted by Gasteiger charge is 2.43. The molecule has 0 saturated heterocycles. The van der Waals surface area contributed by atoms with E-state index in [9.17, 15) is 9.18 Å². The standard InChI is InChI=1S/C13H16FNO/c1-15-12(16)13(8-4-5-9-13)10-6-2-3-7-11(10)14/h2-3,6-7H,4-5,8-9H2,1H3,(H,15,16). The van der Waals surface area contributed by atoms with Crippen molar-refractivity contribution in [2.24, 2.45) is 0 Å².